The van der Waals surface area contributed by atoms with Crippen LogP contribution in [0.2, 0.25) is 0 Å². The fourth-order valence-corrected chi connectivity index (χ4v) is 2.69. The van der Waals surface area contributed by atoms with E-state index in [9.17, 15) is 5.11 Å². The monoisotopic (exact) mass is 271 g/mol. The van der Waals surface area contributed by atoms with E-state index in [1.807, 2.05) is 25.2 Å². The van der Waals surface area contributed by atoms with Crippen LogP contribution in [-0.2, 0) is 11.2 Å². The molecule has 2 N–H and O–H groups in total. The standard InChI is InChI=1S/C14H25NO2S/c1-10(2)17-9-13(16)8-15-11(3)7-14-6-5-12(4)18-14/h5-6,10-11,13,15-16H,7-9H2,1-4H3. The first-order valence-corrected chi connectivity index (χ1v) is 7.37. The molecule has 0 saturated carbocycles. The van der Waals surface area contributed by atoms with Crippen LogP contribution < -0.4 is 5.32 Å². The number of aliphatic hydroxyl groups excluding tert-OH is 1. The zero-order valence-corrected chi connectivity index (χ0v) is 12.6. The Labute approximate surface area is 114 Å². The quantitative estimate of drug-likeness (QED) is 0.762. The smallest absolute Gasteiger partial charge is 0.0897 e. The van der Waals surface area contributed by atoms with Gasteiger partial charge in [-0.1, -0.05) is 0 Å². The third kappa shape index (κ3) is 6.50. The second-order valence-corrected chi connectivity index (χ2v) is 6.43. The van der Waals surface area contributed by atoms with Crippen molar-refractivity contribution in [2.24, 2.45) is 0 Å². The minimum absolute atomic E-state index is 0.172. The molecular formula is C14H25NO2S. The lowest BCUT2D eigenvalue weighted by Gasteiger charge is -2.17. The Hall–Kier alpha value is -0.420. The number of nitrogens with one attached hydrogen (secondary N) is 1. The summed E-state index contributed by atoms with van der Waals surface area (Å²) in [4.78, 5) is 2.74. The summed E-state index contributed by atoms with van der Waals surface area (Å²) in [5.41, 5.74) is 0. The number of ether oxygens (including phenoxy) is 1. The van der Waals surface area contributed by atoms with E-state index in [0.29, 0.717) is 19.2 Å². The molecule has 0 saturated heterocycles. The van der Waals surface area contributed by atoms with Crippen LogP contribution in [0.3, 0.4) is 0 Å². The molecular weight excluding hydrogens is 246 g/mol. The summed E-state index contributed by atoms with van der Waals surface area (Å²) >= 11 is 1.84. The molecule has 2 unspecified atom stereocenters. The van der Waals surface area contributed by atoms with Gasteiger partial charge in [0.05, 0.1) is 18.8 Å². The highest BCUT2D eigenvalue weighted by Gasteiger charge is 2.09. The Morgan fingerprint density at radius 3 is 2.61 bits per heavy atom. The van der Waals surface area contributed by atoms with E-state index in [1.54, 1.807) is 0 Å². The molecule has 3 nitrogen and oxygen atoms in total. The zero-order chi connectivity index (χ0) is 13.5. The van der Waals surface area contributed by atoms with Crippen molar-refractivity contribution in [3.05, 3.63) is 21.9 Å². The lowest BCUT2D eigenvalue weighted by atomic mass is 10.2. The highest BCUT2D eigenvalue weighted by Crippen LogP contribution is 2.16. The van der Waals surface area contributed by atoms with Gasteiger partial charge in [-0.05, 0) is 46.2 Å². The molecule has 0 aliphatic carbocycles. The molecule has 0 aromatic carbocycles. The maximum atomic E-state index is 9.73. The van der Waals surface area contributed by atoms with Gasteiger partial charge in [0.15, 0.2) is 0 Å². The minimum atomic E-state index is -0.431. The van der Waals surface area contributed by atoms with E-state index in [1.165, 1.54) is 9.75 Å². The lowest BCUT2D eigenvalue weighted by Crippen LogP contribution is -2.37. The third-order valence-electron chi connectivity index (χ3n) is 2.63. The van der Waals surface area contributed by atoms with Gasteiger partial charge in [-0.25, -0.2) is 0 Å². The van der Waals surface area contributed by atoms with Gasteiger partial charge in [0.25, 0.3) is 0 Å². The summed E-state index contributed by atoms with van der Waals surface area (Å²) in [6.07, 6.45) is 0.752. The number of rotatable bonds is 8. The van der Waals surface area contributed by atoms with E-state index in [-0.39, 0.29) is 6.10 Å². The Morgan fingerprint density at radius 2 is 2.06 bits per heavy atom. The maximum Gasteiger partial charge on any atom is 0.0897 e. The maximum absolute atomic E-state index is 9.73. The second kappa shape index (κ2) is 7.89. The minimum Gasteiger partial charge on any atom is -0.389 e. The molecule has 0 fully saturated rings. The van der Waals surface area contributed by atoms with E-state index in [2.05, 4.69) is 31.3 Å². The lowest BCUT2D eigenvalue weighted by molar-refractivity contribution is 0.00564. The van der Waals surface area contributed by atoms with Gasteiger partial charge in [0, 0.05) is 22.3 Å². The van der Waals surface area contributed by atoms with E-state index < -0.39 is 6.10 Å². The first-order chi connectivity index (χ1) is 8.47. The van der Waals surface area contributed by atoms with Crippen LogP contribution in [0.5, 0.6) is 0 Å². The summed E-state index contributed by atoms with van der Waals surface area (Å²) in [7, 11) is 0. The number of aryl methyl sites for hydroxylation is 1. The topological polar surface area (TPSA) is 41.5 Å². The average molecular weight is 271 g/mol. The molecule has 1 aromatic rings. The van der Waals surface area contributed by atoms with Crippen LogP contribution in [0.1, 0.15) is 30.5 Å². The number of thiophene rings is 1. The van der Waals surface area contributed by atoms with Crippen LogP contribution in [0.15, 0.2) is 12.1 Å². The Balaban J connectivity index is 2.18. The largest absolute Gasteiger partial charge is 0.389 e. The van der Waals surface area contributed by atoms with Gasteiger partial charge in [0.2, 0.25) is 0 Å². The highest BCUT2D eigenvalue weighted by molar-refractivity contribution is 7.11. The third-order valence-corrected chi connectivity index (χ3v) is 3.65. The van der Waals surface area contributed by atoms with Crippen molar-refractivity contribution in [2.45, 2.75) is 52.4 Å². The van der Waals surface area contributed by atoms with Gasteiger partial charge in [0.1, 0.15) is 0 Å². The fourth-order valence-electron chi connectivity index (χ4n) is 1.67. The summed E-state index contributed by atoms with van der Waals surface area (Å²) < 4.78 is 5.37. The normalized spacial score (nSPS) is 15.0. The van der Waals surface area contributed by atoms with Gasteiger partial charge in [-0.2, -0.15) is 0 Å². The van der Waals surface area contributed by atoms with E-state index in [4.69, 9.17) is 4.74 Å². The Bertz CT molecular complexity index is 338. The highest BCUT2D eigenvalue weighted by atomic mass is 32.1. The number of aliphatic hydroxyl groups is 1. The first-order valence-electron chi connectivity index (χ1n) is 6.55. The Morgan fingerprint density at radius 1 is 1.33 bits per heavy atom. The van der Waals surface area contributed by atoms with Crippen molar-refractivity contribution < 1.29 is 9.84 Å². The molecule has 1 heterocycles. The van der Waals surface area contributed by atoms with Crippen molar-refractivity contribution in [1.82, 2.24) is 5.32 Å². The van der Waals surface area contributed by atoms with Crippen molar-refractivity contribution >= 4 is 11.3 Å². The summed E-state index contributed by atoms with van der Waals surface area (Å²) in [5.74, 6) is 0. The number of hydrogen-bond donors (Lipinski definition) is 2. The second-order valence-electron chi connectivity index (χ2n) is 5.06. The van der Waals surface area contributed by atoms with Gasteiger partial charge < -0.3 is 15.2 Å². The van der Waals surface area contributed by atoms with Gasteiger partial charge in [-0.15, -0.1) is 11.3 Å². The van der Waals surface area contributed by atoms with Crippen molar-refractivity contribution in [3.63, 3.8) is 0 Å². The van der Waals surface area contributed by atoms with E-state index in [0.717, 1.165) is 6.42 Å². The zero-order valence-electron chi connectivity index (χ0n) is 11.8. The van der Waals surface area contributed by atoms with Crippen molar-refractivity contribution in [2.75, 3.05) is 13.2 Å². The van der Waals surface area contributed by atoms with Crippen LogP contribution in [0.4, 0.5) is 0 Å². The predicted octanol–water partition coefficient (Wildman–Crippen LogP) is 2.36. The molecule has 0 bridgehead atoms. The molecule has 0 aliphatic rings. The molecule has 18 heavy (non-hydrogen) atoms. The first kappa shape index (κ1) is 15.6. The van der Waals surface area contributed by atoms with Gasteiger partial charge in [-0.3, -0.25) is 0 Å². The van der Waals surface area contributed by atoms with Gasteiger partial charge >= 0.3 is 0 Å². The van der Waals surface area contributed by atoms with Crippen LogP contribution in [0, 0.1) is 6.92 Å². The van der Waals surface area contributed by atoms with E-state index >= 15 is 0 Å². The molecule has 1 aromatic heterocycles. The molecule has 104 valence electrons. The molecule has 1 rings (SSSR count). The SMILES string of the molecule is Cc1ccc(CC(C)NCC(O)COC(C)C)s1. The van der Waals surface area contributed by atoms with Crippen LogP contribution in [-0.4, -0.2) is 36.5 Å². The predicted molar refractivity (Wildman–Crippen MR) is 77.3 cm³/mol. The molecule has 4 heteroatoms. The molecule has 0 spiro atoms. The summed E-state index contributed by atoms with van der Waals surface area (Å²) in [6.45, 7) is 9.20. The van der Waals surface area contributed by atoms with Crippen LogP contribution in [0.25, 0.3) is 0 Å². The van der Waals surface area contributed by atoms with Crippen LogP contribution >= 0.6 is 11.3 Å². The molecule has 0 aliphatic heterocycles. The van der Waals surface area contributed by atoms with Crippen molar-refractivity contribution in [1.29, 1.82) is 0 Å². The summed E-state index contributed by atoms with van der Waals surface area (Å²) in [5, 5.41) is 13.1. The number of hydrogen-bond acceptors (Lipinski definition) is 4. The summed E-state index contributed by atoms with van der Waals surface area (Å²) in [6, 6.07) is 4.70. The molecule has 2 atom stereocenters. The van der Waals surface area contributed by atoms with Crippen molar-refractivity contribution in [3.8, 4) is 0 Å². The Kier molecular flexibility index (Phi) is 6.86. The molecule has 0 radical (unpaired) electrons. The average Bonchev–Trinajstić information content (AvgIpc) is 2.69. The fraction of sp³-hybridized carbons (Fsp3) is 0.714. The molecule has 0 amide bonds.